The Balaban J connectivity index is 3.12. The third kappa shape index (κ3) is 3.53. The van der Waals surface area contributed by atoms with Crippen molar-refractivity contribution in [2.75, 3.05) is 11.9 Å². The Morgan fingerprint density at radius 2 is 2.05 bits per heavy atom. The van der Waals surface area contributed by atoms with E-state index in [2.05, 4.69) is 0 Å². The van der Waals surface area contributed by atoms with Gasteiger partial charge in [0.25, 0.3) is 5.96 Å². The van der Waals surface area contributed by atoms with Crippen LogP contribution in [-0.2, 0) is 6.18 Å². The molecule has 0 amide bonds. The summed E-state index contributed by atoms with van der Waals surface area (Å²) in [5.41, 5.74) is -0.313. The van der Waals surface area contributed by atoms with Crippen LogP contribution in [0.4, 0.5) is 23.2 Å². The molecule has 1 rings (SSSR count). The van der Waals surface area contributed by atoms with Gasteiger partial charge >= 0.3 is 6.18 Å². The number of hydrogen-bond donors (Lipinski definition) is 2. The standard InChI is InChI=1S/C9H8F4N4O2/c1-16(8(14)15-17(18)19)7-4-5(9(11,12)13)2-3-6(7)10/h2-4H,1H3,(H2,14,15). The molecule has 0 bridgehead atoms. The summed E-state index contributed by atoms with van der Waals surface area (Å²) in [4.78, 5) is 10.7. The van der Waals surface area contributed by atoms with Crippen molar-refractivity contribution in [2.24, 2.45) is 0 Å². The molecule has 10 heteroatoms. The molecule has 0 saturated heterocycles. The highest BCUT2D eigenvalue weighted by atomic mass is 19.4. The van der Waals surface area contributed by atoms with Gasteiger partial charge < -0.3 is 4.90 Å². The van der Waals surface area contributed by atoms with Crippen LogP contribution >= 0.6 is 0 Å². The number of rotatable bonds is 2. The van der Waals surface area contributed by atoms with Gasteiger partial charge in [0.05, 0.1) is 11.3 Å². The number of benzene rings is 1. The van der Waals surface area contributed by atoms with Gasteiger partial charge in [-0.2, -0.15) is 13.2 Å². The van der Waals surface area contributed by atoms with Gasteiger partial charge in [0.1, 0.15) is 5.82 Å². The fraction of sp³-hybridized carbons (Fsp3) is 0.222. The SMILES string of the molecule is CN(C(=N)N[N+](=O)[O-])c1cc(C(F)(F)F)ccc1F. The first-order valence-corrected chi connectivity index (χ1v) is 4.73. The van der Waals surface area contributed by atoms with Gasteiger partial charge in [-0.15, -0.1) is 0 Å². The third-order valence-corrected chi connectivity index (χ3v) is 2.17. The van der Waals surface area contributed by atoms with Crippen molar-refractivity contribution in [1.82, 2.24) is 5.43 Å². The summed E-state index contributed by atoms with van der Waals surface area (Å²) in [5.74, 6) is -1.91. The lowest BCUT2D eigenvalue weighted by Crippen LogP contribution is -2.41. The van der Waals surface area contributed by atoms with Crippen molar-refractivity contribution in [3.63, 3.8) is 0 Å². The molecule has 6 nitrogen and oxygen atoms in total. The fourth-order valence-electron chi connectivity index (χ4n) is 1.23. The molecule has 0 unspecified atom stereocenters. The largest absolute Gasteiger partial charge is 0.416 e. The van der Waals surface area contributed by atoms with Crippen LogP contribution in [0.5, 0.6) is 0 Å². The number of nitrogens with one attached hydrogen (secondary N) is 2. The Morgan fingerprint density at radius 3 is 2.53 bits per heavy atom. The Bertz CT molecular complexity index is 517. The zero-order valence-corrected chi connectivity index (χ0v) is 9.45. The fourth-order valence-corrected chi connectivity index (χ4v) is 1.23. The van der Waals surface area contributed by atoms with Crippen molar-refractivity contribution in [1.29, 1.82) is 5.41 Å². The molecule has 0 aliphatic rings. The normalized spacial score (nSPS) is 11.0. The Hall–Kier alpha value is -2.39. The van der Waals surface area contributed by atoms with Crippen LogP contribution in [0.1, 0.15) is 5.56 Å². The molecule has 0 atom stereocenters. The Kier molecular flexibility index (Phi) is 3.92. The molecule has 2 N–H and O–H groups in total. The maximum Gasteiger partial charge on any atom is 0.416 e. The maximum atomic E-state index is 13.4. The molecule has 0 aromatic heterocycles. The second-order valence-corrected chi connectivity index (χ2v) is 3.44. The molecule has 1 aromatic carbocycles. The van der Waals surface area contributed by atoms with E-state index >= 15 is 0 Å². The monoisotopic (exact) mass is 280 g/mol. The zero-order valence-electron chi connectivity index (χ0n) is 9.45. The summed E-state index contributed by atoms with van der Waals surface area (Å²) >= 11 is 0. The van der Waals surface area contributed by atoms with E-state index in [9.17, 15) is 27.7 Å². The molecular weight excluding hydrogens is 272 g/mol. The lowest BCUT2D eigenvalue weighted by Gasteiger charge is -2.19. The lowest BCUT2D eigenvalue weighted by atomic mass is 10.2. The van der Waals surface area contributed by atoms with E-state index in [1.54, 1.807) is 0 Å². The smallest absolute Gasteiger partial charge is 0.309 e. The van der Waals surface area contributed by atoms with Crippen LogP contribution in [0.3, 0.4) is 0 Å². The molecule has 19 heavy (non-hydrogen) atoms. The maximum absolute atomic E-state index is 13.4. The van der Waals surface area contributed by atoms with Crippen LogP contribution in [0, 0.1) is 21.3 Å². The molecule has 0 aliphatic heterocycles. The van der Waals surface area contributed by atoms with E-state index in [1.807, 2.05) is 0 Å². The van der Waals surface area contributed by atoms with Crippen LogP contribution in [0.25, 0.3) is 0 Å². The van der Waals surface area contributed by atoms with Gasteiger partial charge in [-0.05, 0) is 18.2 Å². The summed E-state index contributed by atoms with van der Waals surface area (Å²) in [6.45, 7) is 0. The number of guanidine groups is 1. The summed E-state index contributed by atoms with van der Waals surface area (Å²) in [7, 11) is 1.03. The van der Waals surface area contributed by atoms with Crippen molar-refractivity contribution < 1.29 is 22.6 Å². The van der Waals surface area contributed by atoms with Crippen LogP contribution in [0.2, 0.25) is 0 Å². The van der Waals surface area contributed by atoms with E-state index in [4.69, 9.17) is 5.41 Å². The average molecular weight is 280 g/mol. The highest BCUT2D eigenvalue weighted by molar-refractivity contribution is 5.92. The van der Waals surface area contributed by atoms with Crippen molar-refractivity contribution in [2.45, 2.75) is 6.18 Å². The summed E-state index contributed by atoms with van der Waals surface area (Å²) in [6.07, 6.45) is -4.68. The van der Waals surface area contributed by atoms with E-state index < -0.39 is 34.2 Å². The second kappa shape index (κ2) is 5.08. The molecular formula is C9H8F4N4O2. The number of hydrogen-bond acceptors (Lipinski definition) is 3. The number of nitro groups is 1. The van der Waals surface area contributed by atoms with Gasteiger partial charge in [0.15, 0.2) is 5.03 Å². The minimum absolute atomic E-state index is 0.464. The summed E-state index contributed by atoms with van der Waals surface area (Å²) in [5, 5.41) is 16.2. The quantitative estimate of drug-likeness (QED) is 0.285. The van der Waals surface area contributed by atoms with Crippen molar-refractivity contribution in [3.8, 4) is 0 Å². The van der Waals surface area contributed by atoms with Gasteiger partial charge in [-0.1, -0.05) is 5.43 Å². The minimum Gasteiger partial charge on any atom is -0.309 e. The summed E-state index contributed by atoms with van der Waals surface area (Å²) < 4.78 is 50.8. The predicted octanol–water partition coefficient (Wildman–Crippen LogP) is 2.00. The first-order valence-electron chi connectivity index (χ1n) is 4.73. The van der Waals surface area contributed by atoms with Crippen LogP contribution in [-0.4, -0.2) is 18.0 Å². The van der Waals surface area contributed by atoms with Gasteiger partial charge in [0.2, 0.25) is 0 Å². The van der Waals surface area contributed by atoms with Gasteiger partial charge in [-0.25, -0.2) is 14.5 Å². The Morgan fingerprint density at radius 1 is 1.47 bits per heavy atom. The number of alkyl halides is 3. The number of nitrogens with zero attached hydrogens (tertiary/aromatic N) is 2. The van der Waals surface area contributed by atoms with E-state index in [0.29, 0.717) is 23.1 Å². The lowest BCUT2D eigenvalue weighted by molar-refractivity contribution is -0.525. The second-order valence-electron chi connectivity index (χ2n) is 3.44. The molecule has 0 radical (unpaired) electrons. The first kappa shape index (κ1) is 14.7. The third-order valence-electron chi connectivity index (χ3n) is 2.17. The molecule has 0 fully saturated rings. The van der Waals surface area contributed by atoms with Crippen LogP contribution in [0.15, 0.2) is 18.2 Å². The molecule has 0 heterocycles. The zero-order chi connectivity index (χ0) is 14.8. The first-order chi connectivity index (χ1) is 8.62. The van der Waals surface area contributed by atoms with E-state index in [-0.39, 0.29) is 0 Å². The summed E-state index contributed by atoms with van der Waals surface area (Å²) in [6, 6.07) is 1.58. The molecule has 0 aliphatic carbocycles. The molecule has 1 aromatic rings. The predicted molar refractivity (Wildman–Crippen MR) is 57.7 cm³/mol. The molecule has 104 valence electrons. The molecule has 0 spiro atoms. The number of hydrazine groups is 1. The van der Waals surface area contributed by atoms with E-state index in [0.717, 1.165) is 7.05 Å². The highest BCUT2D eigenvalue weighted by Crippen LogP contribution is 2.32. The topological polar surface area (TPSA) is 82.3 Å². The van der Waals surface area contributed by atoms with Gasteiger partial charge in [0, 0.05) is 7.05 Å². The van der Waals surface area contributed by atoms with Crippen molar-refractivity contribution in [3.05, 3.63) is 39.7 Å². The average Bonchev–Trinajstić information content (AvgIpc) is 2.26. The van der Waals surface area contributed by atoms with Crippen LogP contribution < -0.4 is 10.3 Å². The minimum atomic E-state index is -4.68. The highest BCUT2D eigenvalue weighted by Gasteiger charge is 2.32. The van der Waals surface area contributed by atoms with E-state index in [1.165, 1.54) is 5.43 Å². The number of halogens is 4. The molecule has 0 saturated carbocycles. The van der Waals surface area contributed by atoms with Crippen molar-refractivity contribution >= 4 is 11.6 Å². The number of anilines is 1. The Labute approximate surface area is 104 Å². The van der Waals surface area contributed by atoms with Gasteiger partial charge in [-0.3, -0.25) is 5.41 Å².